The van der Waals surface area contributed by atoms with Crippen LogP contribution < -0.4 is 0 Å². The average molecular weight is 591 g/mol. The Morgan fingerprint density at radius 3 is 1.97 bits per heavy atom. The van der Waals surface area contributed by atoms with Crippen molar-refractivity contribution in [3.05, 3.63) is 112 Å². The van der Waals surface area contributed by atoms with Crippen LogP contribution in [-0.2, 0) is 20.8 Å². The predicted molar refractivity (Wildman–Crippen MR) is 155 cm³/mol. The third-order valence-electron chi connectivity index (χ3n) is 7.71. The number of fused-ring (bicyclic) bond motifs is 2. The van der Waals surface area contributed by atoms with Crippen molar-refractivity contribution in [2.45, 2.75) is 57.3 Å². The van der Waals surface area contributed by atoms with Crippen molar-refractivity contribution < 1.29 is 20.8 Å². The molecule has 0 radical (unpaired) electrons. The molecule has 0 aliphatic heterocycles. The number of hydrogen-bond acceptors (Lipinski definition) is 0. The number of allylic oxidation sites excluding steroid dienone is 9. The average Bonchev–Trinajstić information content (AvgIpc) is 3.48. The summed E-state index contributed by atoms with van der Waals surface area (Å²) >= 11 is -0.826. The number of rotatable bonds is 6. The Labute approximate surface area is 235 Å². The second-order valence-electron chi connectivity index (χ2n) is 9.67. The van der Waals surface area contributed by atoms with E-state index < -0.39 is 20.8 Å². The van der Waals surface area contributed by atoms with Gasteiger partial charge in [0.25, 0.3) is 0 Å². The van der Waals surface area contributed by atoms with Crippen molar-refractivity contribution in [2.24, 2.45) is 29.6 Å². The van der Waals surface area contributed by atoms with Gasteiger partial charge in [0.1, 0.15) is 0 Å². The molecule has 1 aromatic carbocycles. The van der Waals surface area contributed by atoms with Crippen molar-refractivity contribution in [1.29, 1.82) is 0 Å². The third-order valence-corrected chi connectivity index (χ3v) is 7.71. The number of unbranched alkanes of at least 4 members (excludes halogenated alkanes) is 2. The molecular weight excluding hydrogens is 546 g/mol. The molecule has 2 fully saturated rings. The molecule has 5 atom stereocenters. The molecule has 4 aliphatic carbocycles. The van der Waals surface area contributed by atoms with E-state index in [0.717, 1.165) is 35.5 Å². The molecule has 0 saturated heterocycles. The monoisotopic (exact) mass is 588 g/mol. The molecule has 0 amide bonds. The molecule has 0 spiro atoms. The van der Waals surface area contributed by atoms with Gasteiger partial charge in [-0.15, -0.1) is 6.58 Å². The second kappa shape index (κ2) is 18.6. The molecule has 0 heterocycles. The van der Waals surface area contributed by atoms with Gasteiger partial charge < -0.3 is 14.9 Å². The van der Waals surface area contributed by atoms with E-state index in [4.69, 9.17) is 17.0 Å². The van der Waals surface area contributed by atoms with Gasteiger partial charge in [-0.2, -0.15) is 0 Å². The Bertz CT molecular complexity index is 790. The first-order valence-corrected chi connectivity index (χ1v) is 18.9. The minimum absolute atomic E-state index is 0. The van der Waals surface area contributed by atoms with E-state index in [0.29, 0.717) is 0 Å². The maximum absolute atomic E-state index is 4.93. The second-order valence-corrected chi connectivity index (χ2v) is 13.4. The van der Waals surface area contributed by atoms with Gasteiger partial charge >= 0.3 is 37.9 Å². The Kier molecular flexibility index (Phi) is 17.2. The summed E-state index contributed by atoms with van der Waals surface area (Å²) in [7, 11) is 9.87. The summed E-state index contributed by atoms with van der Waals surface area (Å²) in [6.45, 7) is 3.78. The molecule has 0 nitrogen and oxygen atoms in total. The van der Waals surface area contributed by atoms with Crippen molar-refractivity contribution in [3.63, 3.8) is 0 Å². The minimum atomic E-state index is -0.826. The van der Waals surface area contributed by atoms with Crippen LogP contribution in [0.1, 0.15) is 62.8 Å². The van der Waals surface area contributed by atoms with E-state index in [1.165, 1.54) is 56.9 Å². The zero-order valence-corrected chi connectivity index (χ0v) is 25.6. The molecule has 0 aromatic heterocycles. The summed E-state index contributed by atoms with van der Waals surface area (Å²) in [5, 5.41) is 0. The predicted octanol–water partition coefficient (Wildman–Crippen LogP) is 10.7. The van der Waals surface area contributed by atoms with Gasteiger partial charge in [-0.3, -0.25) is 0 Å². The molecule has 5 rings (SSSR count). The van der Waals surface area contributed by atoms with Gasteiger partial charge in [-0.1, -0.05) is 91.4 Å². The van der Waals surface area contributed by atoms with E-state index in [2.05, 4.69) is 85.5 Å². The van der Waals surface area contributed by atoms with Crippen LogP contribution in [0.3, 0.4) is 0 Å². The third kappa shape index (κ3) is 10.3. The van der Waals surface area contributed by atoms with Crippen LogP contribution in [0.2, 0.25) is 0 Å². The van der Waals surface area contributed by atoms with E-state index in [-0.39, 0.29) is 14.9 Å². The van der Waals surface area contributed by atoms with Gasteiger partial charge in [-0.05, 0) is 86.0 Å². The standard InChI is InChI=1S/C15H16.C15H22.2CH3.2ClH.Zr/c1-2-6-12(7-3-1)15-10-13-8-4-5-9-14(13)11-15;1-2-3-4-5-8-13-11-12-14-9-6-7-10-15(13)14;;;;;/h1-9,13-15H,10-11H2;2,6-7,9-10,13-15H,1,3-5,8,11-12H2;2*1H3;2*1H;/q;;2*-1;;;+4/p-2. The maximum atomic E-state index is 4.93. The normalized spacial score (nSPS) is 28.5. The fourth-order valence-electron chi connectivity index (χ4n) is 6.05. The van der Waals surface area contributed by atoms with Crippen molar-refractivity contribution in [2.75, 3.05) is 0 Å². The number of benzene rings is 1. The quantitative estimate of drug-likeness (QED) is 0.176. The summed E-state index contributed by atoms with van der Waals surface area (Å²) in [5.74, 6) is 5.04. The fourth-order valence-corrected chi connectivity index (χ4v) is 6.05. The van der Waals surface area contributed by atoms with Crippen molar-refractivity contribution in [1.82, 2.24) is 0 Å². The Hall–Kier alpha value is -0.617. The van der Waals surface area contributed by atoms with Gasteiger partial charge in [0.05, 0.1) is 0 Å². The summed E-state index contributed by atoms with van der Waals surface area (Å²) in [4.78, 5) is 0. The molecule has 1 aromatic rings. The van der Waals surface area contributed by atoms with Crippen LogP contribution in [0.15, 0.2) is 91.6 Å². The topological polar surface area (TPSA) is 0 Å². The molecule has 0 bridgehead atoms. The number of halogens is 2. The van der Waals surface area contributed by atoms with Gasteiger partial charge in [-0.25, -0.2) is 0 Å². The first-order valence-electron chi connectivity index (χ1n) is 12.6. The van der Waals surface area contributed by atoms with Gasteiger partial charge in [0, 0.05) is 0 Å². The van der Waals surface area contributed by atoms with E-state index in [1.807, 2.05) is 6.08 Å². The first kappa shape index (κ1) is 32.4. The molecule has 4 aliphatic rings. The van der Waals surface area contributed by atoms with Crippen molar-refractivity contribution in [3.8, 4) is 0 Å². The van der Waals surface area contributed by atoms with Crippen LogP contribution in [0.25, 0.3) is 0 Å². The summed E-state index contributed by atoms with van der Waals surface area (Å²) in [6.07, 6.45) is 31.4. The van der Waals surface area contributed by atoms with Crippen LogP contribution in [-0.4, -0.2) is 0 Å². The summed E-state index contributed by atoms with van der Waals surface area (Å²) in [6, 6.07) is 11.0. The van der Waals surface area contributed by atoms with Crippen LogP contribution in [0.4, 0.5) is 0 Å². The van der Waals surface area contributed by atoms with E-state index in [9.17, 15) is 0 Å². The Balaban J connectivity index is 0.000000300. The van der Waals surface area contributed by atoms with E-state index in [1.54, 1.807) is 0 Å². The molecule has 2 saturated carbocycles. The fraction of sp³-hybridized carbons (Fsp3) is 0.438. The van der Waals surface area contributed by atoms with Gasteiger partial charge in [0.15, 0.2) is 0 Å². The Morgan fingerprint density at radius 1 is 0.800 bits per heavy atom. The molecular formula is C32H44Cl2Zr. The summed E-state index contributed by atoms with van der Waals surface area (Å²) < 4.78 is 0. The molecule has 0 N–H and O–H groups in total. The molecule has 3 heteroatoms. The molecule has 5 unspecified atom stereocenters. The zero-order valence-electron chi connectivity index (χ0n) is 21.7. The van der Waals surface area contributed by atoms with Crippen LogP contribution >= 0.6 is 17.0 Å². The molecule has 190 valence electrons. The van der Waals surface area contributed by atoms with E-state index >= 15 is 0 Å². The Morgan fingerprint density at radius 2 is 1.37 bits per heavy atom. The first-order chi connectivity index (χ1) is 16.3. The number of hydrogen-bond donors (Lipinski definition) is 0. The zero-order chi connectivity index (χ0) is 23.3. The van der Waals surface area contributed by atoms with Crippen molar-refractivity contribution >= 4 is 17.0 Å². The van der Waals surface area contributed by atoms with Crippen LogP contribution in [0, 0.1) is 44.4 Å². The summed E-state index contributed by atoms with van der Waals surface area (Å²) in [5.41, 5.74) is 1.52. The van der Waals surface area contributed by atoms with Crippen LogP contribution in [0.5, 0.6) is 0 Å². The van der Waals surface area contributed by atoms with Gasteiger partial charge in [0.2, 0.25) is 0 Å². The SMILES string of the molecule is C1=CC2CC(c3ccccc3)CC2C=C1.C=CCCCCC1CCC2C=CC=CC21.[CH3-].[CH3-].[Cl][Zr+2][Cl]. The molecule has 35 heavy (non-hydrogen) atoms.